The molecule has 33 heavy (non-hydrogen) atoms. The highest BCUT2D eigenvalue weighted by Gasteiger charge is 2.30. The molecule has 9 heteroatoms. The van der Waals surface area contributed by atoms with E-state index < -0.39 is 12.7 Å². The van der Waals surface area contributed by atoms with Gasteiger partial charge in [0.25, 0.3) is 0 Å². The lowest BCUT2D eigenvalue weighted by atomic mass is 9.99. The van der Waals surface area contributed by atoms with Gasteiger partial charge in [-0.15, -0.1) is 0 Å². The van der Waals surface area contributed by atoms with E-state index in [1.807, 2.05) is 48.5 Å². The van der Waals surface area contributed by atoms with E-state index in [0.29, 0.717) is 22.8 Å². The van der Waals surface area contributed by atoms with Gasteiger partial charge in [-0.25, -0.2) is 4.98 Å². The summed E-state index contributed by atoms with van der Waals surface area (Å²) in [4.78, 5) is 8.86. The first-order chi connectivity index (χ1) is 15.9. The minimum absolute atomic E-state index is 0.0377. The highest BCUT2D eigenvalue weighted by Crippen LogP contribution is 2.39. The molecule has 2 heterocycles. The molecule has 5 nitrogen and oxygen atoms in total. The molecule has 2 aromatic carbocycles. The Morgan fingerprint density at radius 1 is 1.09 bits per heavy atom. The van der Waals surface area contributed by atoms with Crippen LogP contribution in [0.3, 0.4) is 0 Å². The van der Waals surface area contributed by atoms with E-state index in [9.17, 15) is 13.2 Å². The summed E-state index contributed by atoms with van der Waals surface area (Å²) in [7, 11) is 0. The first kappa shape index (κ1) is 23.4. The van der Waals surface area contributed by atoms with Crippen molar-refractivity contribution in [3.05, 3.63) is 59.8 Å². The SMILES string of the molecule is OCCN(CCCOc1ccc(-c2ccccc2)c2c1[nH]c1ncc(Cl)cc12)CC(F)(F)F. The molecular formula is C24H23ClF3N3O2. The molecule has 0 spiro atoms. The summed E-state index contributed by atoms with van der Waals surface area (Å²) >= 11 is 6.21. The summed E-state index contributed by atoms with van der Waals surface area (Å²) < 4.78 is 44.1. The van der Waals surface area contributed by atoms with Gasteiger partial charge in [-0.3, -0.25) is 4.90 Å². The molecule has 0 saturated heterocycles. The zero-order valence-corrected chi connectivity index (χ0v) is 18.5. The Kier molecular flexibility index (Phi) is 7.07. The zero-order chi connectivity index (χ0) is 23.4. The Bertz CT molecular complexity index is 1230. The molecule has 0 aliphatic carbocycles. The van der Waals surface area contributed by atoms with Gasteiger partial charge < -0.3 is 14.8 Å². The molecule has 0 radical (unpaired) electrons. The number of hydrogen-bond donors (Lipinski definition) is 2. The van der Waals surface area contributed by atoms with Crippen LogP contribution in [0.1, 0.15) is 6.42 Å². The fourth-order valence-electron chi connectivity index (χ4n) is 3.95. The van der Waals surface area contributed by atoms with E-state index in [1.54, 1.807) is 6.20 Å². The van der Waals surface area contributed by atoms with E-state index in [4.69, 9.17) is 21.4 Å². The van der Waals surface area contributed by atoms with E-state index in [2.05, 4.69) is 9.97 Å². The topological polar surface area (TPSA) is 61.4 Å². The number of alkyl halides is 3. The molecule has 0 aliphatic rings. The first-order valence-electron chi connectivity index (χ1n) is 10.5. The Morgan fingerprint density at radius 3 is 2.61 bits per heavy atom. The maximum absolute atomic E-state index is 12.7. The summed E-state index contributed by atoms with van der Waals surface area (Å²) in [5.41, 5.74) is 3.44. The lowest BCUT2D eigenvalue weighted by Crippen LogP contribution is -2.37. The number of aliphatic hydroxyl groups excluding tert-OH is 1. The highest BCUT2D eigenvalue weighted by molar-refractivity contribution is 6.31. The molecule has 4 aromatic rings. The third kappa shape index (κ3) is 5.58. The molecule has 0 amide bonds. The zero-order valence-electron chi connectivity index (χ0n) is 17.7. The van der Waals surface area contributed by atoms with Gasteiger partial charge in [0.2, 0.25) is 0 Å². The van der Waals surface area contributed by atoms with E-state index in [-0.39, 0.29) is 26.3 Å². The van der Waals surface area contributed by atoms with E-state index >= 15 is 0 Å². The summed E-state index contributed by atoms with van der Waals surface area (Å²) in [5, 5.41) is 11.3. The van der Waals surface area contributed by atoms with Gasteiger partial charge in [-0.1, -0.05) is 41.9 Å². The quantitative estimate of drug-likeness (QED) is 0.305. The third-order valence-corrected chi connectivity index (χ3v) is 5.52. The predicted octanol–water partition coefficient (Wildman–Crippen LogP) is 5.66. The van der Waals surface area contributed by atoms with Crippen LogP contribution in [0.2, 0.25) is 5.02 Å². The number of nitrogens with zero attached hydrogens (tertiary/aromatic N) is 2. The number of fused-ring (bicyclic) bond motifs is 3. The second kappa shape index (κ2) is 9.99. The number of benzene rings is 2. The number of aromatic amines is 1. The van der Waals surface area contributed by atoms with Crippen LogP contribution in [-0.4, -0.2) is 59.0 Å². The van der Waals surface area contributed by atoms with Gasteiger partial charge in [-0.05, 0) is 35.7 Å². The van der Waals surface area contributed by atoms with Gasteiger partial charge in [0.05, 0.1) is 30.3 Å². The van der Waals surface area contributed by atoms with Crippen molar-refractivity contribution in [1.29, 1.82) is 0 Å². The Morgan fingerprint density at radius 2 is 1.88 bits per heavy atom. The molecular weight excluding hydrogens is 455 g/mol. The van der Waals surface area contributed by atoms with Crippen molar-refractivity contribution in [3.63, 3.8) is 0 Å². The average molecular weight is 478 g/mol. The first-order valence-corrected chi connectivity index (χ1v) is 10.9. The van der Waals surface area contributed by atoms with Crippen LogP contribution in [0.5, 0.6) is 5.75 Å². The molecule has 0 unspecified atom stereocenters. The molecule has 0 bridgehead atoms. The van der Waals surface area contributed by atoms with Crippen LogP contribution in [0.4, 0.5) is 13.2 Å². The van der Waals surface area contributed by atoms with Gasteiger partial charge in [0.15, 0.2) is 0 Å². The number of nitrogens with one attached hydrogen (secondary N) is 1. The summed E-state index contributed by atoms with van der Waals surface area (Å²) in [6.45, 7) is -1.04. The van der Waals surface area contributed by atoms with Crippen molar-refractivity contribution >= 4 is 33.5 Å². The van der Waals surface area contributed by atoms with Crippen LogP contribution in [0.15, 0.2) is 54.7 Å². The van der Waals surface area contributed by atoms with E-state index in [1.165, 1.54) is 4.90 Å². The Hall–Kier alpha value is -2.81. The molecule has 2 N–H and O–H groups in total. The van der Waals surface area contributed by atoms with Gasteiger partial charge in [0, 0.05) is 30.1 Å². The van der Waals surface area contributed by atoms with Gasteiger partial charge in [-0.2, -0.15) is 13.2 Å². The summed E-state index contributed by atoms with van der Waals surface area (Å²) in [5.74, 6) is 0.586. The number of aromatic nitrogens is 2. The fraction of sp³-hybridized carbons (Fsp3) is 0.292. The fourth-order valence-corrected chi connectivity index (χ4v) is 4.11. The standard InChI is InChI=1S/C24H23ClF3N3O2/c25-17-13-19-21-18(16-5-2-1-3-6-16)7-8-20(22(21)30-23(19)29-14-17)33-12-4-9-31(10-11-32)15-24(26,27)28/h1-3,5-8,13-14,32H,4,9-12,15H2,(H,29,30). The number of rotatable bonds is 9. The Balaban J connectivity index is 1.59. The van der Waals surface area contributed by atoms with Crippen molar-refractivity contribution in [3.8, 4) is 16.9 Å². The smallest absolute Gasteiger partial charge is 0.401 e. The average Bonchev–Trinajstić information content (AvgIpc) is 3.15. The molecule has 0 atom stereocenters. The maximum atomic E-state index is 12.7. The number of aliphatic hydroxyl groups is 1. The lowest BCUT2D eigenvalue weighted by molar-refractivity contribution is -0.147. The second-order valence-corrected chi connectivity index (χ2v) is 8.16. The van der Waals surface area contributed by atoms with Crippen LogP contribution in [-0.2, 0) is 0 Å². The van der Waals surface area contributed by atoms with Crippen molar-refractivity contribution in [1.82, 2.24) is 14.9 Å². The minimum Gasteiger partial charge on any atom is -0.491 e. The van der Waals surface area contributed by atoms with Crippen LogP contribution in [0, 0.1) is 0 Å². The maximum Gasteiger partial charge on any atom is 0.401 e. The van der Waals surface area contributed by atoms with Crippen molar-refractivity contribution in [2.75, 3.05) is 32.8 Å². The number of H-pyrrole nitrogens is 1. The lowest BCUT2D eigenvalue weighted by Gasteiger charge is -2.22. The van der Waals surface area contributed by atoms with Crippen LogP contribution < -0.4 is 4.74 Å². The van der Waals surface area contributed by atoms with Crippen LogP contribution >= 0.6 is 11.6 Å². The van der Waals surface area contributed by atoms with Crippen molar-refractivity contribution in [2.45, 2.75) is 12.6 Å². The van der Waals surface area contributed by atoms with Crippen LogP contribution in [0.25, 0.3) is 33.1 Å². The van der Waals surface area contributed by atoms with E-state index in [0.717, 1.165) is 27.4 Å². The molecule has 0 saturated carbocycles. The summed E-state index contributed by atoms with van der Waals surface area (Å²) in [6, 6.07) is 15.6. The predicted molar refractivity (Wildman–Crippen MR) is 124 cm³/mol. The molecule has 2 aromatic heterocycles. The molecule has 4 rings (SSSR count). The van der Waals surface area contributed by atoms with Crippen molar-refractivity contribution < 1.29 is 23.0 Å². The van der Waals surface area contributed by atoms with Gasteiger partial charge in [0.1, 0.15) is 11.4 Å². The Labute approximate surface area is 193 Å². The molecule has 0 fully saturated rings. The van der Waals surface area contributed by atoms with Gasteiger partial charge >= 0.3 is 6.18 Å². The third-order valence-electron chi connectivity index (χ3n) is 5.31. The largest absolute Gasteiger partial charge is 0.491 e. The minimum atomic E-state index is -4.31. The molecule has 0 aliphatic heterocycles. The highest BCUT2D eigenvalue weighted by atomic mass is 35.5. The number of ether oxygens (including phenoxy) is 1. The number of hydrogen-bond acceptors (Lipinski definition) is 4. The monoisotopic (exact) mass is 477 g/mol. The second-order valence-electron chi connectivity index (χ2n) is 7.72. The molecule has 174 valence electrons. The number of pyridine rings is 1. The summed E-state index contributed by atoms with van der Waals surface area (Å²) in [6.07, 6.45) is -2.37. The number of halogens is 4. The van der Waals surface area contributed by atoms with Crippen molar-refractivity contribution in [2.24, 2.45) is 0 Å². The normalized spacial score (nSPS) is 12.2.